The molecule has 0 aliphatic carbocycles. The van der Waals surface area contributed by atoms with Gasteiger partial charge in [-0.1, -0.05) is 55.5 Å². The van der Waals surface area contributed by atoms with Crippen molar-refractivity contribution in [2.75, 3.05) is 6.54 Å². The first-order valence-corrected chi connectivity index (χ1v) is 11.0. The molecule has 0 atom stereocenters. The van der Waals surface area contributed by atoms with Crippen molar-refractivity contribution in [3.05, 3.63) is 62.9 Å². The van der Waals surface area contributed by atoms with Gasteiger partial charge in [0.05, 0.1) is 27.5 Å². The van der Waals surface area contributed by atoms with Crippen molar-refractivity contribution in [2.24, 2.45) is 0 Å². The molecule has 2 heterocycles. The van der Waals surface area contributed by atoms with E-state index in [1.807, 2.05) is 6.07 Å². The molecule has 148 valence electrons. The van der Waals surface area contributed by atoms with E-state index in [0.717, 1.165) is 31.4 Å². The van der Waals surface area contributed by atoms with Crippen LogP contribution in [0.3, 0.4) is 0 Å². The van der Waals surface area contributed by atoms with Crippen LogP contribution in [0.15, 0.2) is 45.9 Å². The van der Waals surface area contributed by atoms with Gasteiger partial charge in [-0.15, -0.1) is 11.8 Å². The first-order chi connectivity index (χ1) is 13.5. The standard InChI is InChI=1S/C21H21Cl2NO3S/c1-2-3-4-5-10-24-20(25)18(16-9-8-14(22)12-17(16)23)19(21(24)26)28-13-15-7-6-11-27-15/h6-9,11-12H,2-5,10,13H2,1H3. The molecule has 1 aliphatic rings. The molecule has 28 heavy (non-hydrogen) atoms. The minimum absolute atomic E-state index is 0.265. The van der Waals surface area contributed by atoms with Gasteiger partial charge in [-0.25, -0.2) is 0 Å². The Kier molecular flexibility index (Phi) is 7.27. The molecule has 4 nitrogen and oxygen atoms in total. The van der Waals surface area contributed by atoms with Crippen LogP contribution in [0, 0.1) is 0 Å². The predicted molar refractivity (Wildman–Crippen MR) is 114 cm³/mol. The summed E-state index contributed by atoms with van der Waals surface area (Å²) in [7, 11) is 0. The zero-order chi connectivity index (χ0) is 20.1. The number of hydrogen-bond donors (Lipinski definition) is 0. The van der Waals surface area contributed by atoms with Crippen molar-refractivity contribution in [3.63, 3.8) is 0 Å². The van der Waals surface area contributed by atoms with E-state index in [-0.39, 0.29) is 11.8 Å². The fourth-order valence-electron chi connectivity index (χ4n) is 3.06. The molecule has 7 heteroatoms. The molecule has 3 rings (SSSR count). The molecule has 1 aliphatic heterocycles. The van der Waals surface area contributed by atoms with Gasteiger partial charge in [0, 0.05) is 17.1 Å². The summed E-state index contributed by atoms with van der Waals surface area (Å²) in [5.74, 6) is 0.632. The number of furan rings is 1. The molecule has 0 unspecified atom stereocenters. The van der Waals surface area contributed by atoms with Gasteiger partial charge in [0.25, 0.3) is 11.8 Å². The number of nitrogens with zero attached hydrogens (tertiary/aromatic N) is 1. The number of imide groups is 1. The zero-order valence-electron chi connectivity index (χ0n) is 15.5. The van der Waals surface area contributed by atoms with Gasteiger partial charge in [-0.05, 0) is 30.7 Å². The maximum Gasteiger partial charge on any atom is 0.267 e. The van der Waals surface area contributed by atoms with E-state index in [0.29, 0.717) is 38.4 Å². The fourth-order valence-corrected chi connectivity index (χ4v) is 4.58. The van der Waals surface area contributed by atoms with E-state index in [1.54, 1.807) is 30.5 Å². The third-order valence-electron chi connectivity index (χ3n) is 4.50. The molecule has 0 bridgehead atoms. The number of benzene rings is 1. The maximum atomic E-state index is 13.1. The van der Waals surface area contributed by atoms with E-state index in [9.17, 15) is 9.59 Å². The van der Waals surface area contributed by atoms with Crippen LogP contribution in [0.2, 0.25) is 10.0 Å². The van der Waals surface area contributed by atoms with Crippen molar-refractivity contribution < 1.29 is 14.0 Å². The minimum atomic E-state index is -0.298. The zero-order valence-corrected chi connectivity index (χ0v) is 17.9. The largest absolute Gasteiger partial charge is 0.468 e. The van der Waals surface area contributed by atoms with Gasteiger partial charge >= 0.3 is 0 Å². The lowest BCUT2D eigenvalue weighted by atomic mass is 10.1. The summed E-state index contributed by atoms with van der Waals surface area (Å²) in [5.41, 5.74) is 0.876. The van der Waals surface area contributed by atoms with Gasteiger partial charge < -0.3 is 4.42 Å². The summed E-state index contributed by atoms with van der Waals surface area (Å²) in [4.78, 5) is 27.9. The van der Waals surface area contributed by atoms with Crippen molar-refractivity contribution in [1.29, 1.82) is 0 Å². The first-order valence-electron chi connectivity index (χ1n) is 9.24. The molecule has 0 spiro atoms. The lowest BCUT2D eigenvalue weighted by Crippen LogP contribution is -2.32. The smallest absolute Gasteiger partial charge is 0.267 e. The number of unbranched alkanes of at least 4 members (excludes halogenated alkanes) is 3. The molecular weight excluding hydrogens is 417 g/mol. The SMILES string of the molecule is CCCCCCN1C(=O)C(SCc2ccco2)=C(c2ccc(Cl)cc2Cl)C1=O. The molecule has 0 fully saturated rings. The molecule has 0 saturated heterocycles. The van der Waals surface area contributed by atoms with E-state index in [2.05, 4.69) is 6.92 Å². The average Bonchev–Trinajstić information content (AvgIpc) is 3.25. The van der Waals surface area contributed by atoms with Crippen molar-refractivity contribution >= 4 is 52.4 Å². The summed E-state index contributed by atoms with van der Waals surface area (Å²) in [6.45, 7) is 2.54. The van der Waals surface area contributed by atoms with Gasteiger partial charge in [0.2, 0.25) is 0 Å². The van der Waals surface area contributed by atoms with Gasteiger partial charge in [0.1, 0.15) is 5.76 Å². The second-order valence-electron chi connectivity index (χ2n) is 6.52. The number of rotatable bonds is 9. The van der Waals surface area contributed by atoms with Gasteiger partial charge in [0.15, 0.2) is 0 Å². The minimum Gasteiger partial charge on any atom is -0.468 e. The number of hydrogen-bond acceptors (Lipinski definition) is 4. The van der Waals surface area contributed by atoms with E-state index < -0.39 is 0 Å². The molecule has 0 N–H and O–H groups in total. The Hall–Kier alpha value is -1.69. The van der Waals surface area contributed by atoms with Gasteiger partial charge in [-0.3, -0.25) is 14.5 Å². The summed E-state index contributed by atoms with van der Waals surface area (Å²) in [6, 6.07) is 8.59. The summed E-state index contributed by atoms with van der Waals surface area (Å²) >= 11 is 13.7. The Balaban J connectivity index is 1.90. The van der Waals surface area contributed by atoms with Crippen molar-refractivity contribution in [2.45, 2.75) is 38.4 Å². The number of carbonyl (C=O) groups is 2. The van der Waals surface area contributed by atoms with Crippen LogP contribution in [0.4, 0.5) is 0 Å². The van der Waals surface area contributed by atoms with E-state index >= 15 is 0 Å². The molecule has 0 radical (unpaired) electrons. The van der Waals surface area contributed by atoms with E-state index in [1.165, 1.54) is 16.7 Å². The Labute approximate surface area is 178 Å². The van der Waals surface area contributed by atoms with Crippen LogP contribution in [0.5, 0.6) is 0 Å². The topological polar surface area (TPSA) is 50.5 Å². The second-order valence-corrected chi connectivity index (χ2v) is 8.35. The highest BCUT2D eigenvalue weighted by Gasteiger charge is 2.39. The molecule has 2 aromatic rings. The molecule has 2 amide bonds. The lowest BCUT2D eigenvalue weighted by molar-refractivity contribution is -0.136. The number of thioether (sulfide) groups is 1. The summed E-state index contributed by atoms with van der Waals surface area (Å²) < 4.78 is 5.36. The highest BCUT2D eigenvalue weighted by molar-refractivity contribution is 8.03. The summed E-state index contributed by atoms with van der Waals surface area (Å²) in [5, 5.41) is 0.833. The predicted octanol–water partition coefficient (Wildman–Crippen LogP) is 6.18. The van der Waals surface area contributed by atoms with Crippen LogP contribution < -0.4 is 0 Å². The van der Waals surface area contributed by atoms with Crippen molar-refractivity contribution in [3.8, 4) is 0 Å². The van der Waals surface area contributed by atoms with Crippen LogP contribution in [-0.2, 0) is 15.3 Å². The Morgan fingerprint density at radius 2 is 1.89 bits per heavy atom. The fraction of sp³-hybridized carbons (Fsp3) is 0.333. The maximum absolute atomic E-state index is 13.1. The Bertz CT molecular complexity index is 893. The third-order valence-corrected chi connectivity index (χ3v) is 6.14. The highest BCUT2D eigenvalue weighted by atomic mass is 35.5. The second kappa shape index (κ2) is 9.68. The molecule has 1 aromatic carbocycles. The monoisotopic (exact) mass is 437 g/mol. The third kappa shape index (κ3) is 4.65. The lowest BCUT2D eigenvalue weighted by Gasteiger charge is -2.15. The van der Waals surface area contributed by atoms with Gasteiger partial charge in [-0.2, -0.15) is 0 Å². The normalized spacial score (nSPS) is 14.5. The number of halogens is 2. The van der Waals surface area contributed by atoms with Crippen LogP contribution in [0.1, 0.15) is 43.9 Å². The number of carbonyl (C=O) groups excluding carboxylic acids is 2. The Morgan fingerprint density at radius 1 is 1.07 bits per heavy atom. The molecule has 1 aromatic heterocycles. The molecule has 0 saturated carbocycles. The van der Waals surface area contributed by atoms with Crippen molar-refractivity contribution in [1.82, 2.24) is 4.90 Å². The summed E-state index contributed by atoms with van der Waals surface area (Å²) in [6.07, 6.45) is 5.54. The Morgan fingerprint density at radius 3 is 2.57 bits per heavy atom. The quantitative estimate of drug-likeness (QED) is 0.347. The highest BCUT2D eigenvalue weighted by Crippen LogP contribution is 2.40. The first kappa shape index (κ1) is 21.0. The van der Waals surface area contributed by atoms with Crippen LogP contribution in [0.25, 0.3) is 5.57 Å². The molecular formula is C21H21Cl2NO3S. The van der Waals surface area contributed by atoms with Crippen LogP contribution >= 0.6 is 35.0 Å². The van der Waals surface area contributed by atoms with Crippen LogP contribution in [-0.4, -0.2) is 23.3 Å². The van der Waals surface area contributed by atoms with E-state index in [4.69, 9.17) is 27.6 Å². The average molecular weight is 438 g/mol. The number of amides is 2.